The summed E-state index contributed by atoms with van der Waals surface area (Å²) in [5.74, 6) is -0.153. The number of carbonyl (C=O) groups is 1. The van der Waals surface area contributed by atoms with Crippen molar-refractivity contribution in [2.45, 2.75) is 12.8 Å². The van der Waals surface area contributed by atoms with Crippen LogP contribution in [0.5, 0.6) is 0 Å². The van der Waals surface area contributed by atoms with E-state index in [1.54, 1.807) is 0 Å². The molecule has 1 aromatic carbocycles. The van der Waals surface area contributed by atoms with Crippen molar-refractivity contribution in [2.75, 3.05) is 0 Å². The van der Waals surface area contributed by atoms with Crippen LogP contribution in [0, 0.1) is 0 Å². The van der Waals surface area contributed by atoms with E-state index in [9.17, 15) is 4.79 Å². The predicted molar refractivity (Wildman–Crippen MR) is 61.2 cm³/mol. The largest absolute Gasteiger partial charge is 0.361 e. The minimum Gasteiger partial charge on any atom is -0.361 e. The number of aryl methyl sites for hydroxylation is 1. The second-order valence-electron chi connectivity index (χ2n) is 3.41. The number of aliphatic imine (C=N–C) groups is 1. The van der Waals surface area contributed by atoms with Gasteiger partial charge in [0.1, 0.15) is 0 Å². The van der Waals surface area contributed by atoms with Crippen molar-refractivity contribution in [1.29, 1.82) is 0 Å². The summed E-state index contributed by atoms with van der Waals surface area (Å²) in [6.45, 7) is 3.22. The van der Waals surface area contributed by atoms with Gasteiger partial charge in [0.05, 0.1) is 0 Å². The lowest BCUT2D eigenvalue weighted by Crippen LogP contribution is -1.94. The predicted octanol–water partition coefficient (Wildman–Crippen LogP) is 2.33. The Morgan fingerprint density at radius 2 is 2.20 bits per heavy atom. The Labute approximate surface area is 87.8 Å². The molecule has 1 heterocycles. The monoisotopic (exact) mass is 200 g/mol. The minimum absolute atomic E-state index is 0.153. The average molecular weight is 200 g/mol. The van der Waals surface area contributed by atoms with Crippen LogP contribution in [0.15, 0.2) is 35.5 Å². The Bertz CT molecular complexity index is 499. The number of H-pyrrole nitrogens is 1. The molecule has 1 amide bonds. The lowest BCUT2D eigenvalue weighted by molar-refractivity contribution is -0.117. The smallest absolute Gasteiger partial charge is 0.245 e. The van der Waals surface area contributed by atoms with E-state index in [2.05, 4.69) is 16.7 Å². The van der Waals surface area contributed by atoms with E-state index in [-0.39, 0.29) is 5.91 Å². The fourth-order valence-corrected chi connectivity index (χ4v) is 1.66. The van der Waals surface area contributed by atoms with Crippen LogP contribution < -0.4 is 0 Å². The number of amides is 1. The number of rotatable bonds is 3. The summed E-state index contributed by atoms with van der Waals surface area (Å²) in [6, 6.07) is 8.05. The molecule has 1 N–H and O–H groups in total. The molecule has 1 aromatic heterocycles. The molecule has 3 nitrogen and oxygen atoms in total. The van der Waals surface area contributed by atoms with Gasteiger partial charge in [0.2, 0.25) is 5.91 Å². The number of benzene rings is 1. The maximum absolute atomic E-state index is 11.0. The van der Waals surface area contributed by atoms with E-state index in [1.807, 2.05) is 30.5 Å². The van der Waals surface area contributed by atoms with Crippen molar-refractivity contribution >= 4 is 23.5 Å². The normalized spacial score (nSPS) is 10.4. The number of aromatic amines is 1. The standard InChI is InChI=1S/C12H12N2O/c1-13-12(15)7-6-9-8-14-11-5-3-2-4-10(9)11/h2-5,8,14H,1,6-7H2. The molecular formula is C12H12N2O. The Balaban J connectivity index is 2.21. The van der Waals surface area contributed by atoms with Gasteiger partial charge in [-0.2, -0.15) is 0 Å². The third kappa shape index (κ3) is 1.96. The maximum Gasteiger partial charge on any atom is 0.245 e. The molecule has 0 aliphatic rings. The highest BCUT2D eigenvalue weighted by atomic mass is 16.1. The second kappa shape index (κ2) is 4.09. The Morgan fingerprint density at radius 1 is 1.40 bits per heavy atom. The fraction of sp³-hybridized carbons (Fsp3) is 0.167. The van der Waals surface area contributed by atoms with Gasteiger partial charge in [0.15, 0.2) is 0 Å². The van der Waals surface area contributed by atoms with Gasteiger partial charge >= 0.3 is 0 Å². The highest BCUT2D eigenvalue weighted by Gasteiger charge is 2.04. The SMILES string of the molecule is C=NC(=O)CCc1c[nH]c2ccccc12. The summed E-state index contributed by atoms with van der Waals surface area (Å²) < 4.78 is 0. The van der Waals surface area contributed by atoms with E-state index in [4.69, 9.17) is 0 Å². The van der Waals surface area contributed by atoms with Gasteiger partial charge in [0.25, 0.3) is 0 Å². The van der Waals surface area contributed by atoms with Crippen LogP contribution in [0.25, 0.3) is 10.9 Å². The number of aromatic nitrogens is 1. The number of hydrogen-bond acceptors (Lipinski definition) is 1. The molecule has 76 valence electrons. The summed E-state index contributed by atoms with van der Waals surface area (Å²) >= 11 is 0. The quantitative estimate of drug-likeness (QED) is 0.759. The van der Waals surface area contributed by atoms with Gasteiger partial charge in [0, 0.05) is 23.5 Å². The molecule has 0 saturated heterocycles. The number of nitrogens with zero attached hydrogens (tertiary/aromatic N) is 1. The van der Waals surface area contributed by atoms with Crippen molar-refractivity contribution in [1.82, 2.24) is 4.98 Å². The van der Waals surface area contributed by atoms with Crippen LogP contribution in [0.1, 0.15) is 12.0 Å². The Morgan fingerprint density at radius 3 is 3.00 bits per heavy atom. The molecule has 0 bridgehead atoms. The first-order chi connectivity index (χ1) is 7.31. The molecule has 0 fully saturated rings. The van der Waals surface area contributed by atoms with Crippen LogP contribution in [-0.4, -0.2) is 17.6 Å². The number of nitrogens with one attached hydrogen (secondary N) is 1. The molecule has 0 spiro atoms. The summed E-state index contributed by atoms with van der Waals surface area (Å²) in [6.07, 6.45) is 3.08. The first-order valence-corrected chi connectivity index (χ1v) is 4.86. The second-order valence-corrected chi connectivity index (χ2v) is 3.41. The van der Waals surface area contributed by atoms with Crippen molar-refractivity contribution in [2.24, 2.45) is 4.99 Å². The molecule has 0 saturated carbocycles. The Kier molecular flexibility index (Phi) is 2.63. The van der Waals surface area contributed by atoms with Gasteiger partial charge in [-0.3, -0.25) is 4.79 Å². The van der Waals surface area contributed by atoms with Gasteiger partial charge in [-0.15, -0.1) is 0 Å². The van der Waals surface area contributed by atoms with Crippen LogP contribution in [0.3, 0.4) is 0 Å². The van der Waals surface area contributed by atoms with E-state index in [0.29, 0.717) is 12.8 Å². The van der Waals surface area contributed by atoms with E-state index < -0.39 is 0 Å². The fourth-order valence-electron chi connectivity index (χ4n) is 1.66. The molecule has 15 heavy (non-hydrogen) atoms. The van der Waals surface area contributed by atoms with Crippen molar-refractivity contribution < 1.29 is 4.79 Å². The zero-order valence-electron chi connectivity index (χ0n) is 8.36. The molecule has 0 aliphatic heterocycles. The van der Waals surface area contributed by atoms with Crippen LogP contribution in [-0.2, 0) is 11.2 Å². The van der Waals surface area contributed by atoms with E-state index in [0.717, 1.165) is 11.1 Å². The number of fused-ring (bicyclic) bond motifs is 1. The topological polar surface area (TPSA) is 45.2 Å². The zero-order chi connectivity index (χ0) is 10.7. The molecular weight excluding hydrogens is 188 g/mol. The van der Waals surface area contributed by atoms with Gasteiger partial charge in [-0.05, 0) is 24.8 Å². The van der Waals surface area contributed by atoms with Crippen LogP contribution >= 0.6 is 0 Å². The number of hydrogen-bond donors (Lipinski definition) is 1. The third-order valence-corrected chi connectivity index (χ3v) is 2.46. The first kappa shape index (κ1) is 9.65. The summed E-state index contributed by atoms with van der Waals surface area (Å²) in [5, 5.41) is 1.18. The van der Waals surface area contributed by atoms with Gasteiger partial charge < -0.3 is 4.98 Å². The van der Waals surface area contributed by atoms with Crippen LogP contribution in [0.2, 0.25) is 0 Å². The number of para-hydroxylation sites is 1. The third-order valence-electron chi connectivity index (χ3n) is 2.46. The van der Waals surface area contributed by atoms with E-state index >= 15 is 0 Å². The summed E-state index contributed by atoms with van der Waals surface area (Å²) in [5.41, 5.74) is 2.26. The Hall–Kier alpha value is -1.90. The molecule has 0 atom stereocenters. The molecule has 2 aromatic rings. The van der Waals surface area contributed by atoms with Crippen molar-refractivity contribution in [3.8, 4) is 0 Å². The lowest BCUT2D eigenvalue weighted by atomic mass is 10.1. The molecule has 0 unspecified atom stereocenters. The van der Waals surface area contributed by atoms with E-state index in [1.165, 1.54) is 5.39 Å². The minimum atomic E-state index is -0.153. The highest BCUT2D eigenvalue weighted by molar-refractivity contribution is 5.85. The zero-order valence-corrected chi connectivity index (χ0v) is 8.36. The van der Waals surface area contributed by atoms with Crippen molar-refractivity contribution in [3.05, 3.63) is 36.0 Å². The molecule has 3 heteroatoms. The van der Waals surface area contributed by atoms with Crippen LogP contribution in [0.4, 0.5) is 0 Å². The summed E-state index contributed by atoms with van der Waals surface area (Å²) in [7, 11) is 0. The molecule has 0 aliphatic carbocycles. The van der Waals surface area contributed by atoms with Crippen molar-refractivity contribution in [3.63, 3.8) is 0 Å². The molecule has 2 rings (SSSR count). The number of carbonyl (C=O) groups excluding carboxylic acids is 1. The van der Waals surface area contributed by atoms with Gasteiger partial charge in [-0.1, -0.05) is 18.2 Å². The first-order valence-electron chi connectivity index (χ1n) is 4.86. The lowest BCUT2D eigenvalue weighted by Gasteiger charge is -1.95. The maximum atomic E-state index is 11.0. The molecule has 0 radical (unpaired) electrons. The average Bonchev–Trinajstić information content (AvgIpc) is 2.69. The van der Waals surface area contributed by atoms with Gasteiger partial charge in [-0.25, -0.2) is 4.99 Å². The highest BCUT2D eigenvalue weighted by Crippen LogP contribution is 2.18. The summed E-state index contributed by atoms with van der Waals surface area (Å²) in [4.78, 5) is 17.5.